The van der Waals surface area contributed by atoms with E-state index in [1.807, 2.05) is 68.4 Å². The van der Waals surface area contributed by atoms with Crippen molar-refractivity contribution in [2.75, 3.05) is 0 Å². The molecule has 0 saturated heterocycles. The number of aryl methyl sites for hydroxylation is 2. The van der Waals surface area contributed by atoms with E-state index in [0.29, 0.717) is 18.1 Å². The minimum absolute atomic E-state index is 0.0318. The normalized spacial score (nSPS) is 11.2. The Morgan fingerprint density at radius 3 is 2.53 bits per heavy atom. The Kier molecular flexibility index (Phi) is 6.93. The third kappa shape index (κ3) is 5.58. The second kappa shape index (κ2) is 10.0. The van der Waals surface area contributed by atoms with Crippen LogP contribution in [0.1, 0.15) is 42.8 Å². The number of allylic oxidation sites excluding steroid dienone is 1. The van der Waals surface area contributed by atoms with Crippen LogP contribution in [-0.4, -0.2) is 5.78 Å². The van der Waals surface area contributed by atoms with Crippen LogP contribution in [0.5, 0.6) is 5.75 Å². The summed E-state index contributed by atoms with van der Waals surface area (Å²) in [7, 11) is 0. The molecule has 3 nitrogen and oxygen atoms in total. The molecule has 2 aromatic carbocycles. The number of ether oxygens (including phenoxy) is 1. The van der Waals surface area contributed by atoms with Crippen molar-refractivity contribution < 1.29 is 13.9 Å². The largest absolute Gasteiger partial charge is 0.486 e. The van der Waals surface area contributed by atoms with Gasteiger partial charge >= 0.3 is 0 Å². The topological polar surface area (TPSA) is 39.4 Å². The van der Waals surface area contributed by atoms with Crippen LogP contribution >= 0.6 is 22.9 Å². The summed E-state index contributed by atoms with van der Waals surface area (Å²) in [5.74, 6) is 2.01. The Balaban J connectivity index is 1.34. The van der Waals surface area contributed by atoms with Gasteiger partial charge in [0.15, 0.2) is 5.78 Å². The van der Waals surface area contributed by atoms with Crippen molar-refractivity contribution in [1.82, 2.24) is 0 Å². The maximum absolute atomic E-state index is 12.5. The number of carbonyl (C=O) groups excluding carboxylic acids is 1. The molecular formula is C27H23ClO3S. The van der Waals surface area contributed by atoms with Crippen LogP contribution in [0.4, 0.5) is 0 Å². The SMILES string of the molecule is Cc1cc(OCc2ccc(/C=C/C(=O)c3ccc(Cc4ccccc4)s3)o2)cc(C)c1Cl. The summed E-state index contributed by atoms with van der Waals surface area (Å²) < 4.78 is 11.6. The monoisotopic (exact) mass is 462 g/mol. The molecule has 32 heavy (non-hydrogen) atoms. The molecule has 0 bridgehead atoms. The average Bonchev–Trinajstić information content (AvgIpc) is 3.44. The first-order valence-corrected chi connectivity index (χ1v) is 11.5. The highest BCUT2D eigenvalue weighted by molar-refractivity contribution is 7.14. The molecule has 0 atom stereocenters. The van der Waals surface area contributed by atoms with E-state index in [-0.39, 0.29) is 5.78 Å². The molecular weight excluding hydrogens is 440 g/mol. The zero-order valence-corrected chi connectivity index (χ0v) is 19.5. The Bertz CT molecular complexity index is 1230. The molecule has 0 fully saturated rings. The molecule has 0 aliphatic rings. The van der Waals surface area contributed by atoms with Gasteiger partial charge in [-0.25, -0.2) is 0 Å². The van der Waals surface area contributed by atoms with E-state index in [2.05, 4.69) is 12.1 Å². The number of rotatable bonds is 8. The van der Waals surface area contributed by atoms with Gasteiger partial charge in [-0.15, -0.1) is 11.3 Å². The van der Waals surface area contributed by atoms with Gasteiger partial charge in [0.05, 0.1) is 4.88 Å². The van der Waals surface area contributed by atoms with Gasteiger partial charge in [0.2, 0.25) is 0 Å². The molecule has 0 unspecified atom stereocenters. The number of thiophene rings is 1. The molecule has 5 heteroatoms. The second-order valence-electron chi connectivity index (χ2n) is 7.59. The van der Waals surface area contributed by atoms with Gasteiger partial charge in [-0.05, 0) is 79.1 Å². The summed E-state index contributed by atoms with van der Waals surface area (Å²) in [6, 6.07) is 21.6. The third-order valence-electron chi connectivity index (χ3n) is 5.00. The van der Waals surface area contributed by atoms with Crippen molar-refractivity contribution >= 4 is 34.8 Å². The van der Waals surface area contributed by atoms with Crippen molar-refractivity contribution in [3.8, 4) is 5.75 Å². The lowest BCUT2D eigenvalue weighted by Gasteiger charge is -2.08. The third-order valence-corrected chi connectivity index (χ3v) is 6.69. The van der Waals surface area contributed by atoms with Crippen molar-refractivity contribution in [3.05, 3.63) is 116 Å². The number of furan rings is 1. The maximum Gasteiger partial charge on any atom is 0.195 e. The molecule has 0 spiro atoms. The van der Waals surface area contributed by atoms with Crippen LogP contribution < -0.4 is 4.74 Å². The molecule has 4 aromatic rings. The van der Waals surface area contributed by atoms with Crippen LogP contribution in [0.15, 0.2) is 77.2 Å². The maximum atomic E-state index is 12.5. The Hall–Kier alpha value is -3.08. The first-order valence-electron chi connectivity index (χ1n) is 10.3. The van der Waals surface area contributed by atoms with E-state index in [4.69, 9.17) is 20.8 Å². The molecule has 0 N–H and O–H groups in total. The number of ketones is 1. The zero-order valence-electron chi connectivity index (χ0n) is 17.9. The number of halogens is 1. The lowest BCUT2D eigenvalue weighted by molar-refractivity contribution is 0.105. The first kappa shape index (κ1) is 22.1. The van der Waals surface area contributed by atoms with Gasteiger partial charge in [0.25, 0.3) is 0 Å². The van der Waals surface area contributed by atoms with Gasteiger partial charge in [-0.2, -0.15) is 0 Å². The average molecular weight is 463 g/mol. The molecule has 0 aliphatic heterocycles. The minimum atomic E-state index is -0.0318. The highest BCUT2D eigenvalue weighted by Gasteiger charge is 2.09. The highest BCUT2D eigenvalue weighted by atomic mass is 35.5. The van der Waals surface area contributed by atoms with Gasteiger partial charge in [-0.3, -0.25) is 4.79 Å². The molecule has 0 radical (unpaired) electrons. The lowest BCUT2D eigenvalue weighted by atomic mass is 10.1. The van der Waals surface area contributed by atoms with Crippen LogP contribution in [0, 0.1) is 13.8 Å². The van der Waals surface area contributed by atoms with E-state index in [9.17, 15) is 4.79 Å². The lowest BCUT2D eigenvalue weighted by Crippen LogP contribution is -1.95. The molecule has 0 aliphatic carbocycles. The Morgan fingerprint density at radius 2 is 1.78 bits per heavy atom. The standard InChI is InChI=1S/C27H23ClO3S/c1-18-14-23(15-19(2)27(18)28)30-17-22-9-8-21(31-22)10-12-25(29)26-13-11-24(32-26)16-20-6-4-3-5-7-20/h3-15H,16-17H2,1-2H3/b12-10+. The van der Waals surface area contributed by atoms with Crippen LogP contribution in [-0.2, 0) is 13.0 Å². The Labute approximate surface area is 196 Å². The van der Waals surface area contributed by atoms with Gasteiger partial charge in [0.1, 0.15) is 23.9 Å². The minimum Gasteiger partial charge on any atom is -0.486 e. The van der Waals surface area contributed by atoms with Crippen molar-refractivity contribution in [2.45, 2.75) is 26.9 Å². The van der Waals surface area contributed by atoms with Crippen molar-refractivity contribution in [2.24, 2.45) is 0 Å². The predicted molar refractivity (Wildman–Crippen MR) is 131 cm³/mol. The predicted octanol–water partition coefficient (Wildman–Crippen LogP) is 7.68. The van der Waals surface area contributed by atoms with Crippen molar-refractivity contribution in [3.63, 3.8) is 0 Å². The van der Waals surface area contributed by atoms with Crippen molar-refractivity contribution in [1.29, 1.82) is 0 Å². The summed E-state index contributed by atoms with van der Waals surface area (Å²) >= 11 is 7.73. The van der Waals surface area contributed by atoms with Crippen LogP contribution in [0.25, 0.3) is 6.08 Å². The number of hydrogen-bond acceptors (Lipinski definition) is 4. The van der Waals surface area contributed by atoms with Gasteiger partial charge < -0.3 is 9.15 Å². The Morgan fingerprint density at radius 1 is 1.03 bits per heavy atom. The van der Waals surface area contributed by atoms with Gasteiger partial charge in [0, 0.05) is 16.3 Å². The summed E-state index contributed by atoms with van der Waals surface area (Å²) in [5, 5.41) is 0.755. The summed E-state index contributed by atoms with van der Waals surface area (Å²) in [5.41, 5.74) is 3.19. The summed E-state index contributed by atoms with van der Waals surface area (Å²) in [6.07, 6.45) is 4.07. The van der Waals surface area contributed by atoms with E-state index >= 15 is 0 Å². The van der Waals surface area contributed by atoms with E-state index in [0.717, 1.165) is 38.1 Å². The first-order chi connectivity index (χ1) is 15.5. The molecule has 4 rings (SSSR count). The molecule has 0 amide bonds. The quantitative estimate of drug-likeness (QED) is 0.199. The van der Waals surface area contributed by atoms with Crippen LogP contribution in [0.2, 0.25) is 5.02 Å². The van der Waals surface area contributed by atoms with E-state index < -0.39 is 0 Å². The molecule has 2 heterocycles. The second-order valence-corrected chi connectivity index (χ2v) is 9.14. The van der Waals surface area contributed by atoms with E-state index in [1.165, 1.54) is 16.9 Å². The van der Waals surface area contributed by atoms with Gasteiger partial charge in [-0.1, -0.05) is 41.9 Å². The molecule has 162 valence electrons. The number of benzene rings is 2. The molecule has 0 saturated carbocycles. The zero-order chi connectivity index (χ0) is 22.5. The fraction of sp³-hybridized carbons (Fsp3) is 0.148. The number of carbonyl (C=O) groups is 1. The molecule has 2 aromatic heterocycles. The fourth-order valence-corrected chi connectivity index (χ4v) is 4.42. The summed E-state index contributed by atoms with van der Waals surface area (Å²) in [6.45, 7) is 4.20. The van der Waals surface area contributed by atoms with Crippen LogP contribution in [0.3, 0.4) is 0 Å². The fourth-order valence-electron chi connectivity index (χ4n) is 3.35. The summed E-state index contributed by atoms with van der Waals surface area (Å²) in [4.78, 5) is 14.4. The smallest absolute Gasteiger partial charge is 0.195 e. The highest BCUT2D eigenvalue weighted by Crippen LogP contribution is 2.27. The van der Waals surface area contributed by atoms with E-state index in [1.54, 1.807) is 12.2 Å². The number of hydrogen-bond donors (Lipinski definition) is 0.